The third kappa shape index (κ3) is 3.94. The highest BCUT2D eigenvalue weighted by atomic mass is 32.1. The van der Waals surface area contributed by atoms with E-state index in [0.717, 1.165) is 49.6 Å². The predicted octanol–water partition coefficient (Wildman–Crippen LogP) is 2.84. The van der Waals surface area contributed by atoms with Crippen LogP contribution >= 0.6 is 22.7 Å². The van der Waals surface area contributed by atoms with Crippen LogP contribution in [-0.4, -0.2) is 30.5 Å². The molecule has 22 heavy (non-hydrogen) atoms. The molecule has 118 valence electrons. The molecule has 0 aliphatic carbocycles. The minimum Gasteiger partial charge on any atom is -0.355 e. The van der Waals surface area contributed by atoms with Gasteiger partial charge < -0.3 is 10.6 Å². The molecule has 3 rings (SSSR count). The monoisotopic (exact) mass is 335 g/mol. The van der Waals surface area contributed by atoms with Crippen LogP contribution in [0.25, 0.3) is 10.6 Å². The van der Waals surface area contributed by atoms with E-state index in [4.69, 9.17) is 0 Å². The molecule has 0 bridgehead atoms. The highest BCUT2D eigenvalue weighted by Gasteiger charge is 2.20. The van der Waals surface area contributed by atoms with Crippen molar-refractivity contribution in [1.82, 2.24) is 15.6 Å². The molecule has 1 saturated heterocycles. The first kappa shape index (κ1) is 15.6. The molecule has 0 radical (unpaired) electrons. The Kier molecular flexibility index (Phi) is 5.23. The van der Waals surface area contributed by atoms with Crippen LogP contribution in [0.2, 0.25) is 0 Å². The lowest BCUT2D eigenvalue weighted by Crippen LogP contribution is -2.38. The summed E-state index contributed by atoms with van der Waals surface area (Å²) in [5.74, 6) is 0.409. The Morgan fingerprint density at radius 2 is 2.23 bits per heavy atom. The number of aryl methyl sites for hydroxylation is 1. The standard InChI is InChI=1S/C16H21N3OS2/c1-11-19-14(10-21-11)15-3-2-13(22-15)6-9-18-16(20)12-4-7-17-8-5-12/h2-3,10,12,17H,4-9H2,1H3,(H,18,20). The van der Waals surface area contributed by atoms with E-state index in [0.29, 0.717) is 0 Å². The number of thiophene rings is 1. The van der Waals surface area contributed by atoms with Gasteiger partial charge in [0.15, 0.2) is 0 Å². The molecule has 3 heterocycles. The van der Waals surface area contributed by atoms with Gasteiger partial charge in [-0.1, -0.05) is 0 Å². The lowest BCUT2D eigenvalue weighted by Gasteiger charge is -2.21. The molecule has 1 fully saturated rings. The molecule has 1 amide bonds. The number of carbonyl (C=O) groups excluding carboxylic acids is 1. The fourth-order valence-electron chi connectivity index (χ4n) is 2.66. The molecule has 6 heteroatoms. The molecule has 0 spiro atoms. The second-order valence-electron chi connectivity index (χ2n) is 5.58. The van der Waals surface area contributed by atoms with Gasteiger partial charge in [-0.05, 0) is 51.4 Å². The van der Waals surface area contributed by atoms with Crippen LogP contribution in [0.4, 0.5) is 0 Å². The Bertz CT molecular complexity index is 629. The first-order chi connectivity index (χ1) is 10.7. The van der Waals surface area contributed by atoms with Crippen LogP contribution in [0.1, 0.15) is 22.7 Å². The number of thiazole rings is 1. The van der Waals surface area contributed by atoms with E-state index < -0.39 is 0 Å². The third-order valence-corrected chi connectivity index (χ3v) is 5.85. The Hall–Kier alpha value is -1.24. The SMILES string of the molecule is Cc1nc(-c2ccc(CCNC(=O)C3CCNCC3)s2)cs1. The van der Waals surface area contributed by atoms with Crippen LogP contribution in [0.15, 0.2) is 17.5 Å². The van der Waals surface area contributed by atoms with E-state index in [2.05, 4.69) is 33.1 Å². The van der Waals surface area contributed by atoms with Gasteiger partial charge in [0.2, 0.25) is 5.91 Å². The van der Waals surface area contributed by atoms with Crippen molar-refractivity contribution in [2.75, 3.05) is 19.6 Å². The van der Waals surface area contributed by atoms with Crippen LogP contribution < -0.4 is 10.6 Å². The van der Waals surface area contributed by atoms with Crippen molar-refractivity contribution in [2.24, 2.45) is 5.92 Å². The van der Waals surface area contributed by atoms with E-state index in [1.807, 2.05) is 6.92 Å². The summed E-state index contributed by atoms with van der Waals surface area (Å²) in [6, 6.07) is 4.27. The van der Waals surface area contributed by atoms with Crippen molar-refractivity contribution in [2.45, 2.75) is 26.2 Å². The van der Waals surface area contributed by atoms with E-state index in [-0.39, 0.29) is 11.8 Å². The topological polar surface area (TPSA) is 54.0 Å². The lowest BCUT2D eigenvalue weighted by molar-refractivity contribution is -0.125. The van der Waals surface area contributed by atoms with Crippen molar-refractivity contribution in [3.8, 4) is 10.6 Å². The summed E-state index contributed by atoms with van der Waals surface area (Å²) < 4.78 is 0. The van der Waals surface area contributed by atoms with Gasteiger partial charge >= 0.3 is 0 Å². The van der Waals surface area contributed by atoms with Crippen molar-refractivity contribution in [1.29, 1.82) is 0 Å². The summed E-state index contributed by atoms with van der Waals surface area (Å²) in [7, 11) is 0. The number of hydrogen-bond acceptors (Lipinski definition) is 5. The minimum atomic E-state index is 0.193. The average molecular weight is 335 g/mol. The normalized spacial score (nSPS) is 15.9. The molecule has 2 N–H and O–H groups in total. The van der Waals surface area contributed by atoms with Gasteiger partial charge in [-0.15, -0.1) is 22.7 Å². The predicted molar refractivity (Wildman–Crippen MR) is 92.5 cm³/mol. The summed E-state index contributed by atoms with van der Waals surface area (Å²) >= 11 is 3.45. The molecule has 0 atom stereocenters. The second kappa shape index (κ2) is 7.35. The van der Waals surface area contributed by atoms with E-state index >= 15 is 0 Å². The van der Waals surface area contributed by atoms with Gasteiger partial charge in [0.1, 0.15) is 0 Å². The van der Waals surface area contributed by atoms with Crippen LogP contribution in [0.5, 0.6) is 0 Å². The Morgan fingerprint density at radius 3 is 2.95 bits per heavy atom. The smallest absolute Gasteiger partial charge is 0.223 e. The van der Waals surface area contributed by atoms with Gasteiger partial charge in [0.05, 0.1) is 15.6 Å². The molecular formula is C16H21N3OS2. The zero-order valence-corrected chi connectivity index (χ0v) is 14.4. The molecule has 2 aromatic heterocycles. The summed E-state index contributed by atoms with van der Waals surface area (Å²) in [6.45, 7) is 4.66. The van der Waals surface area contributed by atoms with Crippen LogP contribution in [0, 0.1) is 12.8 Å². The zero-order chi connectivity index (χ0) is 15.4. The average Bonchev–Trinajstić information content (AvgIpc) is 3.17. The number of nitrogens with one attached hydrogen (secondary N) is 2. The maximum atomic E-state index is 12.1. The number of carbonyl (C=O) groups is 1. The van der Waals surface area contributed by atoms with Crippen LogP contribution in [-0.2, 0) is 11.2 Å². The quantitative estimate of drug-likeness (QED) is 0.883. The van der Waals surface area contributed by atoms with Crippen LogP contribution in [0.3, 0.4) is 0 Å². The summed E-state index contributed by atoms with van der Waals surface area (Å²) in [6.07, 6.45) is 2.81. The van der Waals surface area contributed by atoms with Gasteiger partial charge in [-0.3, -0.25) is 4.79 Å². The number of piperidine rings is 1. The Labute approximate surface area is 139 Å². The first-order valence-electron chi connectivity index (χ1n) is 7.72. The molecule has 2 aromatic rings. The molecule has 0 aromatic carbocycles. The molecular weight excluding hydrogens is 314 g/mol. The van der Waals surface area contributed by atoms with Gasteiger partial charge in [-0.25, -0.2) is 4.98 Å². The highest BCUT2D eigenvalue weighted by molar-refractivity contribution is 7.16. The van der Waals surface area contributed by atoms with Gasteiger partial charge in [0.25, 0.3) is 0 Å². The fourth-order valence-corrected chi connectivity index (χ4v) is 4.32. The van der Waals surface area contributed by atoms with E-state index in [1.54, 1.807) is 22.7 Å². The largest absolute Gasteiger partial charge is 0.355 e. The fraction of sp³-hybridized carbons (Fsp3) is 0.500. The van der Waals surface area contributed by atoms with Crippen molar-refractivity contribution in [3.63, 3.8) is 0 Å². The number of nitrogens with zero attached hydrogens (tertiary/aromatic N) is 1. The second-order valence-corrected chi connectivity index (χ2v) is 7.81. The minimum absolute atomic E-state index is 0.193. The van der Waals surface area contributed by atoms with Crippen molar-refractivity contribution >= 4 is 28.6 Å². The zero-order valence-electron chi connectivity index (χ0n) is 12.7. The van der Waals surface area contributed by atoms with E-state index in [9.17, 15) is 4.79 Å². The van der Waals surface area contributed by atoms with Crippen molar-refractivity contribution in [3.05, 3.63) is 27.4 Å². The van der Waals surface area contributed by atoms with Gasteiger partial charge in [-0.2, -0.15) is 0 Å². The summed E-state index contributed by atoms with van der Waals surface area (Å²) in [4.78, 5) is 19.1. The van der Waals surface area contributed by atoms with Crippen molar-refractivity contribution < 1.29 is 4.79 Å². The highest BCUT2D eigenvalue weighted by Crippen LogP contribution is 2.29. The summed E-state index contributed by atoms with van der Waals surface area (Å²) in [5.41, 5.74) is 1.07. The van der Waals surface area contributed by atoms with E-state index in [1.165, 1.54) is 9.75 Å². The molecule has 0 unspecified atom stereocenters. The van der Waals surface area contributed by atoms with Gasteiger partial charge in [0, 0.05) is 22.7 Å². The molecule has 4 nitrogen and oxygen atoms in total. The molecule has 1 aliphatic heterocycles. The number of aromatic nitrogens is 1. The Morgan fingerprint density at radius 1 is 1.41 bits per heavy atom. The number of rotatable bonds is 5. The summed E-state index contributed by atoms with van der Waals surface area (Å²) in [5, 5.41) is 9.57. The third-order valence-electron chi connectivity index (χ3n) is 3.91. The maximum Gasteiger partial charge on any atom is 0.223 e. The molecule has 1 aliphatic rings. The first-order valence-corrected chi connectivity index (χ1v) is 9.41. The maximum absolute atomic E-state index is 12.1. The number of hydrogen-bond donors (Lipinski definition) is 2. The molecule has 0 saturated carbocycles. The Balaban J connectivity index is 1.47. The number of amides is 1. The lowest BCUT2D eigenvalue weighted by atomic mass is 9.97.